The number of amides is 1. The van der Waals surface area contributed by atoms with Crippen molar-refractivity contribution in [3.05, 3.63) is 65.2 Å². The summed E-state index contributed by atoms with van der Waals surface area (Å²) in [6.07, 6.45) is 0.752. The number of benzene rings is 2. The van der Waals surface area contributed by atoms with Gasteiger partial charge in [0, 0.05) is 13.1 Å². The van der Waals surface area contributed by atoms with Crippen LogP contribution in [0.15, 0.2) is 48.5 Å². The van der Waals surface area contributed by atoms with Crippen molar-refractivity contribution in [2.24, 2.45) is 0 Å². The summed E-state index contributed by atoms with van der Waals surface area (Å²) in [5.74, 6) is -0.979. The molecule has 1 aliphatic heterocycles. The molecule has 0 saturated heterocycles. The van der Waals surface area contributed by atoms with E-state index in [-0.39, 0.29) is 5.56 Å². The Labute approximate surface area is 122 Å². The van der Waals surface area contributed by atoms with Gasteiger partial charge < -0.3 is 5.11 Å². The Bertz CT molecular complexity index is 657. The second-order valence-electron chi connectivity index (χ2n) is 4.89. The van der Waals surface area contributed by atoms with E-state index in [1.807, 2.05) is 29.3 Å². The standard InChI is InChI=1S/C16H14N2O3/c19-11-18(15-7-5-12(6-8-15)16(20)21)17-9-13-3-1-2-4-14(13)10-17/h1-8,11H,9-10H2,(H,20,21). The Hall–Kier alpha value is -2.66. The van der Waals surface area contributed by atoms with Crippen LogP contribution in [-0.4, -0.2) is 22.5 Å². The molecule has 3 rings (SSSR count). The number of carboxylic acid groups (broad SMARTS) is 1. The maximum atomic E-state index is 11.4. The molecule has 1 aliphatic rings. The van der Waals surface area contributed by atoms with Crippen molar-refractivity contribution in [2.75, 3.05) is 5.01 Å². The number of rotatable bonds is 4. The van der Waals surface area contributed by atoms with Crippen molar-refractivity contribution in [3.8, 4) is 0 Å². The topological polar surface area (TPSA) is 60.9 Å². The fourth-order valence-electron chi connectivity index (χ4n) is 2.52. The number of hydrogen-bond acceptors (Lipinski definition) is 3. The molecular formula is C16H14N2O3. The summed E-state index contributed by atoms with van der Waals surface area (Å²) >= 11 is 0. The second kappa shape index (κ2) is 5.38. The van der Waals surface area contributed by atoms with Gasteiger partial charge in [-0.3, -0.25) is 4.79 Å². The van der Waals surface area contributed by atoms with Crippen LogP contribution in [-0.2, 0) is 17.9 Å². The Morgan fingerprint density at radius 1 is 1.05 bits per heavy atom. The number of nitrogens with zero attached hydrogens (tertiary/aromatic N) is 2. The number of hydrazine groups is 1. The van der Waals surface area contributed by atoms with Crippen molar-refractivity contribution in [1.29, 1.82) is 0 Å². The monoisotopic (exact) mass is 282 g/mol. The Morgan fingerprint density at radius 3 is 2.10 bits per heavy atom. The summed E-state index contributed by atoms with van der Waals surface area (Å²) in [5, 5.41) is 12.4. The van der Waals surface area contributed by atoms with Crippen LogP contribution in [0, 0.1) is 0 Å². The lowest BCUT2D eigenvalue weighted by Gasteiger charge is -2.27. The lowest BCUT2D eigenvalue weighted by Crippen LogP contribution is -2.38. The van der Waals surface area contributed by atoms with Crippen LogP contribution >= 0.6 is 0 Å². The summed E-state index contributed by atoms with van der Waals surface area (Å²) < 4.78 is 0. The van der Waals surface area contributed by atoms with E-state index >= 15 is 0 Å². The van der Waals surface area contributed by atoms with Gasteiger partial charge in [-0.15, -0.1) is 0 Å². The van der Waals surface area contributed by atoms with Gasteiger partial charge in [0.05, 0.1) is 11.3 Å². The SMILES string of the molecule is O=CN(c1ccc(C(=O)O)cc1)N1Cc2ccccc2C1. The normalized spacial score (nSPS) is 13.7. The summed E-state index contributed by atoms with van der Waals surface area (Å²) in [6.45, 7) is 1.32. The fourth-order valence-corrected chi connectivity index (χ4v) is 2.52. The first-order valence-electron chi connectivity index (χ1n) is 6.58. The average Bonchev–Trinajstić information content (AvgIpc) is 2.92. The molecule has 0 unspecified atom stereocenters. The zero-order valence-electron chi connectivity index (χ0n) is 11.3. The number of aromatic carboxylic acids is 1. The number of carbonyl (C=O) groups excluding carboxylic acids is 1. The van der Waals surface area contributed by atoms with Gasteiger partial charge >= 0.3 is 5.97 Å². The Kier molecular flexibility index (Phi) is 3.41. The maximum Gasteiger partial charge on any atom is 0.335 e. The van der Waals surface area contributed by atoms with Gasteiger partial charge in [0.15, 0.2) is 0 Å². The molecule has 21 heavy (non-hydrogen) atoms. The van der Waals surface area contributed by atoms with E-state index in [1.54, 1.807) is 12.1 Å². The predicted octanol–water partition coefficient (Wildman–Crippen LogP) is 2.28. The molecule has 1 heterocycles. The average molecular weight is 282 g/mol. The van der Waals surface area contributed by atoms with Crippen LogP contribution in [0.3, 0.4) is 0 Å². The van der Waals surface area contributed by atoms with Gasteiger partial charge in [0.2, 0.25) is 6.41 Å². The van der Waals surface area contributed by atoms with Crippen LogP contribution < -0.4 is 5.01 Å². The van der Waals surface area contributed by atoms with Gasteiger partial charge in [-0.2, -0.15) is 0 Å². The minimum atomic E-state index is -0.979. The third kappa shape index (κ3) is 2.51. The summed E-state index contributed by atoms with van der Waals surface area (Å²) in [7, 11) is 0. The van der Waals surface area contributed by atoms with Gasteiger partial charge in [-0.1, -0.05) is 24.3 Å². The highest BCUT2D eigenvalue weighted by atomic mass is 16.4. The molecule has 0 aromatic heterocycles. The highest BCUT2D eigenvalue weighted by Gasteiger charge is 2.24. The Morgan fingerprint density at radius 2 is 1.62 bits per heavy atom. The molecule has 1 amide bonds. The van der Waals surface area contributed by atoms with Crippen molar-refractivity contribution in [2.45, 2.75) is 13.1 Å². The Balaban J connectivity index is 1.83. The highest BCUT2D eigenvalue weighted by molar-refractivity contribution is 5.88. The molecule has 0 radical (unpaired) electrons. The van der Waals surface area contributed by atoms with Crippen LogP contribution in [0.1, 0.15) is 21.5 Å². The van der Waals surface area contributed by atoms with Crippen molar-refractivity contribution < 1.29 is 14.7 Å². The van der Waals surface area contributed by atoms with E-state index in [4.69, 9.17) is 5.11 Å². The predicted molar refractivity (Wildman–Crippen MR) is 77.6 cm³/mol. The number of anilines is 1. The number of hydrogen-bond donors (Lipinski definition) is 1. The second-order valence-corrected chi connectivity index (χ2v) is 4.89. The van der Waals surface area contributed by atoms with Gasteiger partial charge in [0.1, 0.15) is 0 Å². The zero-order chi connectivity index (χ0) is 14.8. The molecule has 2 aromatic rings. The molecule has 0 atom stereocenters. The quantitative estimate of drug-likeness (QED) is 0.874. The number of carboxylic acids is 1. The van der Waals surface area contributed by atoms with Crippen LogP contribution in [0.4, 0.5) is 5.69 Å². The van der Waals surface area contributed by atoms with Crippen molar-refractivity contribution in [1.82, 2.24) is 5.01 Å². The molecule has 2 aromatic carbocycles. The van der Waals surface area contributed by atoms with E-state index in [0.717, 1.165) is 6.41 Å². The number of carbonyl (C=O) groups is 2. The van der Waals surface area contributed by atoms with Crippen LogP contribution in [0.25, 0.3) is 0 Å². The fraction of sp³-hybridized carbons (Fsp3) is 0.125. The molecular weight excluding hydrogens is 268 g/mol. The van der Waals surface area contributed by atoms with E-state index in [2.05, 4.69) is 0 Å². The third-order valence-electron chi connectivity index (χ3n) is 3.61. The minimum absolute atomic E-state index is 0.203. The van der Waals surface area contributed by atoms with Crippen LogP contribution in [0.2, 0.25) is 0 Å². The molecule has 0 spiro atoms. The third-order valence-corrected chi connectivity index (χ3v) is 3.61. The maximum absolute atomic E-state index is 11.4. The molecule has 1 N–H and O–H groups in total. The zero-order valence-corrected chi connectivity index (χ0v) is 11.3. The molecule has 5 heteroatoms. The first-order chi connectivity index (χ1) is 10.2. The van der Waals surface area contributed by atoms with E-state index in [0.29, 0.717) is 18.8 Å². The first-order valence-corrected chi connectivity index (χ1v) is 6.58. The van der Waals surface area contributed by atoms with Crippen molar-refractivity contribution >= 4 is 18.1 Å². The van der Waals surface area contributed by atoms with E-state index < -0.39 is 5.97 Å². The molecule has 0 saturated carbocycles. The van der Waals surface area contributed by atoms with Gasteiger partial charge in [0.25, 0.3) is 0 Å². The largest absolute Gasteiger partial charge is 0.478 e. The summed E-state index contributed by atoms with van der Waals surface area (Å²) in [5.41, 5.74) is 3.26. The van der Waals surface area contributed by atoms with Crippen molar-refractivity contribution in [3.63, 3.8) is 0 Å². The van der Waals surface area contributed by atoms with Gasteiger partial charge in [-0.05, 0) is 35.4 Å². The molecule has 0 aliphatic carbocycles. The smallest absolute Gasteiger partial charge is 0.335 e. The number of fused-ring (bicyclic) bond motifs is 1. The van der Waals surface area contributed by atoms with E-state index in [1.165, 1.54) is 28.3 Å². The highest BCUT2D eigenvalue weighted by Crippen LogP contribution is 2.26. The summed E-state index contributed by atoms with van der Waals surface area (Å²) in [4.78, 5) is 22.3. The minimum Gasteiger partial charge on any atom is -0.478 e. The van der Waals surface area contributed by atoms with Crippen LogP contribution in [0.5, 0.6) is 0 Å². The van der Waals surface area contributed by atoms with E-state index in [9.17, 15) is 9.59 Å². The lowest BCUT2D eigenvalue weighted by molar-refractivity contribution is -0.110. The molecule has 0 fully saturated rings. The molecule has 106 valence electrons. The molecule has 5 nitrogen and oxygen atoms in total. The lowest BCUT2D eigenvalue weighted by atomic mass is 10.1. The molecule has 0 bridgehead atoms. The first kappa shape index (κ1) is 13.3. The van der Waals surface area contributed by atoms with Gasteiger partial charge in [-0.25, -0.2) is 14.8 Å². The summed E-state index contributed by atoms with van der Waals surface area (Å²) in [6, 6.07) is 14.3.